The molecule has 10 heteroatoms. The van der Waals surface area contributed by atoms with E-state index in [1.807, 2.05) is 35.7 Å². The summed E-state index contributed by atoms with van der Waals surface area (Å²) in [6.07, 6.45) is 5.13. The number of aromatic nitrogens is 6. The summed E-state index contributed by atoms with van der Waals surface area (Å²) in [6, 6.07) is 15.1. The normalized spacial score (nSPS) is 10.9. The second-order valence-electron chi connectivity index (χ2n) is 6.78. The third-order valence-electron chi connectivity index (χ3n) is 4.63. The van der Waals surface area contributed by atoms with Crippen molar-refractivity contribution in [2.75, 3.05) is 0 Å². The summed E-state index contributed by atoms with van der Waals surface area (Å²) in [7, 11) is 0. The molecular weight excluding hydrogens is 429 g/mol. The van der Waals surface area contributed by atoms with E-state index in [9.17, 15) is 9.18 Å². The van der Waals surface area contributed by atoms with Crippen molar-refractivity contribution >= 4 is 17.2 Å². The van der Waals surface area contributed by atoms with Gasteiger partial charge in [-0.05, 0) is 59.5 Å². The summed E-state index contributed by atoms with van der Waals surface area (Å²) in [5.74, 6) is 0.429. The van der Waals surface area contributed by atoms with E-state index in [1.165, 1.54) is 23.5 Å². The molecule has 5 aromatic rings. The third kappa shape index (κ3) is 4.03. The SMILES string of the molecule is O=C(NCc1ccnc(-n2cccn2)c1)c1nc(-c2cccs2)n(-c2ccc(F)cc2)n1. The molecular formula is C22H16FN7OS. The summed E-state index contributed by atoms with van der Waals surface area (Å²) < 4.78 is 16.6. The van der Waals surface area contributed by atoms with Gasteiger partial charge in [0.2, 0.25) is 5.82 Å². The monoisotopic (exact) mass is 445 g/mol. The maximum Gasteiger partial charge on any atom is 0.291 e. The number of thiophene rings is 1. The van der Waals surface area contributed by atoms with Crippen LogP contribution >= 0.6 is 11.3 Å². The van der Waals surface area contributed by atoms with E-state index in [2.05, 4.69) is 25.5 Å². The van der Waals surface area contributed by atoms with Gasteiger partial charge in [0.05, 0.1) is 10.6 Å². The lowest BCUT2D eigenvalue weighted by Crippen LogP contribution is -2.24. The number of nitrogens with zero attached hydrogens (tertiary/aromatic N) is 6. The number of hydrogen-bond acceptors (Lipinski definition) is 6. The highest BCUT2D eigenvalue weighted by atomic mass is 32.1. The molecule has 8 nitrogen and oxygen atoms in total. The molecule has 0 aliphatic rings. The number of carbonyl (C=O) groups excluding carboxylic acids is 1. The molecule has 0 radical (unpaired) electrons. The Morgan fingerprint density at radius 3 is 2.72 bits per heavy atom. The lowest BCUT2D eigenvalue weighted by Gasteiger charge is -2.05. The van der Waals surface area contributed by atoms with Gasteiger partial charge >= 0.3 is 0 Å². The Bertz CT molecular complexity index is 1350. The Balaban J connectivity index is 1.39. The minimum absolute atomic E-state index is 0.0269. The van der Waals surface area contributed by atoms with Gasteiger partial charge in [-0.3, -0.25) is 4.79 Å². The van der Waals surface area contributed by atoms with E-state index < -0.39 is 5.91 Å². The van der Waals surface area contributed by atoms with Gasteiger partial charge in [0, 0.05) is 25.1 Å². The minimum atomic E-state index is -0.416. The van der Waals surface area contributed by atoms with Crippen LogP contribution in [0.25, 0.3) is 22.2 Å². The molecule has 0 saturated carbocycles. The van der Waals surface area contributed by atoms with Crippen molar-refractivity contribution in [3.63, 3.8) is 0 Å². The van der Waals surface area contributed by atoms with E-state index in [-0.39, 0.29) is 18.2 Å². The first kappa shape index (κ1) is 19.8. The fraction of sp³-hybridized carbons (Fsp3) is 0.0455. The highest BCUT2D eigenvalue weighted by molar-refractivity contribution is 7.13. The number of nitrogens with one attached hydrogen (secondary N) is 1. The highest BCUT2D eigenvalue weighted by Gasteiger charge is 2.19. The van der Waals surface area contributed by atoms with Crippen molar-refractivity contribution < 1.29 is 9.18 Å². The highest BCUT2D eigenvalue weighted by Crippen LogP contribution is 2.25. The van der Waals surface area contributed by atoms with Crippen LogP contribution in [-0.4, -0.2) is 35.4 Å². The number of hydrogen-bond donors (Lipinski definition) is 1. The number of amides is 1. The molecule has 1 amide bonds. The van der Waals surface area contributed by atoms with Crippen LogP contribution in [0.2, 0.25) is 0 Å². The summed E-state index contributed by atoms with van der Waals surface area (Å²) in [6.45, 7) is 0.273. The van der Waals surface area contributed by atoms with Gasteiger partial charge in [0.15, 0.2) is 11.6 Å². The van der Waals surface area contributed by atoms with Crippen molar-refractivity contribution in [2.45, 2.75) is 6.54 Å². The van der Waals surface area contributed by atoms with Crippen LogP contribution in [0.3, 0.4) is 0 Å². The molecule has 0 saturated heterocycles. The van der Waals surface area contributed by atoms with E-state index in [0.717, 1.165) is 10.4 Å². The summed E-state index contributed by atoms with van der Waals surface area (Å²) in [5.41, 5.74) is 1.47. The summed E-state index contributed by atoms with van der Waals surface area (Å²) >= 11 is 1.48. The van der Waals surface area contributed by atoms with Gasteiger partial charge < -0.3 is 5.32 Å². The zero-order chi connectivity index (χ0) is 21.9. The predicted molar refractivity (Wildman–Crippen MR) is 117 cm³/mol. The Morgan fingerprint density at radius 2 is 1.97 bits per heavy atom. The van der Waals surface area contributed by atoms with Crippen LogP contribution in [0.1, 0.15) is 16.2 Å². The molecule has 0 fully saturated rings. The minimum Gasteiger partial charge on any atom is -0.345 e. The Hall–Kier alpha value is -4.18. The smallest absolute Gasteiger partial charge is 0.291 e. The van der Waals surface area contributed by atoms with Crippen molar-refractivity contribution in [1.29, 1.82) is 0 Å². The molecule has 0 aliphatic carbocycles. The topological polar surface area (TPSA) is 90.5 Å². The molecule has 1 aromatic carbocycles. The Kier molecular flexibility index (Phi) is 5.26. The van der Waals surface area contributed by atoms with Crippen molar-refractivity contribution in [2.24, 2.45) is 0 Å². The Morgan fingerprint density at radius 1 is 1.09 bits per heavy atom. The molecule has 5 rings (SSSR count). The van der Waals surface area contributed by atoms with Crippen LogP contribution in [0.15, 0.2) is 78.6 Å². The first-order chi connectivity index (χ1) is 15.7. The lowest BCUT2D eigenvalue weighted by atomic mass is 10.2. The van der Waals surface area contributed by atoms with Crippen molar-refractivity contribution in [3.05, 3.63) is 95.8 Å². The second kappa shape index (κ2) is 8.52. The van der Waals surface area contributed by atoms with Gasteiger partial charge in [0.1, 0.15) is 5.82 Å². The predicted octanol–water partition coefficient (Wildman–Crippen LogP) is 3.65. The number of pyridine rings is 1. The first-order valence-corrected chi connectivity index (χ1v) is 10.6. The van der Waals surface area contributed by atoms with Gasteiger partial charge in [-0.2, -0.15) is 5.10 Å². The maximum atomic E-state index is 13.4. The fourth-order valence-electron chi connectivity index (χ4n) is 3.10. The molecule has 1 N–H and O–H groups in total. The molecule has 0 atom stereocenters. The third-order valence-corrected chi connectivity index (χ3v) is 5.49. The average molecular weight is 445 g/mol. The lowest BCUT2D eigenvalue weighted by molar-refractivity contribution is 0.0940. The number of carbonyl (C=O) groups is 1. The number of halogens is 1. The van der Waals surface area contributed by atoms with Gasteiger partial charge in [-0.15, -0.1) is 16.4 Å². The molecule has 158 valence electrons. The van der Waals surface area contributed by atoms with Crippen LogP contribution in [0, 0.1) is 5.82 Å². The molecule has 32 heavy (non-hydrogen) atoms. The van der Waals surface area contributed by atoms with Crippen LogP contribution in [-0.2, 0) is 6.54 Å². The van der Waals surface area contributed by atoms with E-state index in [1.54, 1.807) is 40.1 Å². The fourth-order valence-corrected chi connectivity index (χ4v) is 3.80. The second-order valence-corrected chi connectivity index (χ2v) is 7.73. The van der Waals surface area contributed by atoms with Crippen LogP contribution < -0.4 is 5.32 Å². The maximum absolute atomic E-state index is 13.4. The van der Waals surface area contributed by atoms with Gasteiger partial charge in [-0.25, -0.2) is 23.7 Å². The molecule has 0 unspecified atom stereocenters. The van der Waals surface area contributed by atoms with E-state index >= 15 is 0 Å². The molecule has 0 spiro atoms. The molecule has 0 aliphatic heterocycles. The van der Waals surface area contributed by atoms with Crippen molar-refractivity contribution in [1.82, 2.24) is 34.8 Å². The van der Waals surface area contributed by atoms with Crippen LogP contribution in [0.5, 0.6) is 0 Å². The molecule has 4 aromatic heterocycles. The van der Waals surface area contributed by atoms with Crippen molar-refractivity contribution in [3.8, 4) is 22.2 Å². The molecule has 4 heterocycles. The summed E-state index contributed by atoms with van der Waals surface area (Å²) in [5, 5.41) is 13.3. The van der Waals surface area contributed by atoms with Gasteiger partial charge in [0.25, 0.3) is 5.91 Å². The average Bonchev–Trinajstić information content (AvgIpc) is 3.59. The number of rotatable bonds is 6. The first-order valence-electron chi connectivity index (χ1n) is 9.67. The number of benzene rings is 1. The molecule has 0 bridgehead atoms. The zero-order valence-electron chi connectivity index (χ0n) is 16.6. The summed E-state index contributed by atoms with van der Waals surface area (Å²) in [4.78, 5) is 22.4. The van der Waals surface area contributed by atoms with E-state index in [0.29, 0.717) is 17.3 Å². The van der Waals surface area contributed by atoms with E-state index in [4.69, 9.17) is 0 Å². The quantitative estimate of drug-likeness (QED) is 0.431. The Labute approximate surface area is 186 Å². The zero-order valence-corrected chi connectivity index (χ0v) is 17.4. The van der Waals surface area contributed by atoms with Gasteiger partial charge in [-0.1, -0.05) is 6.07 Å². The largest absolute Gasteiger partial charge is 0.345 e. The standard InChI is InChI=1S/C22H16FN7OS/c23-16-4-6-17(7-5-16)30-21(18-3-1-12-32-18)27-20(28-30)22(31)25-14-15-8-10-24-19(13-15)29-11-2-9-26-29/h1-13H,14H2,(H,25,31). The van der Waals surface area contributed by atoms with Crippen LogP contribution in [0.4, 0.5) is 4.39 Å².